The largest absolute Gasteiger partial charge is 0.418 e. The van der Waals surface area contributed by atoms with E-state index in [9.17, 15) is 18.0 Å². The molecule has 2 fully saturated rings. The van der Waals surface area contributed by atoms with E-state index in [1.807, 2.05) is 25.1 Å². The van der Waals surface area contributed by atoms with E-state index >= 15 is 0 Å². The lowest BCUT2D eigenvalue weighted by Gasteiger charge is -2.34. The highest BCUT2D eigenvalue weighted by atomic mass is 19.4. The van der Waals surface area contributed by atoms with Crippen molar-refractivity contribution in [2.45, 2.75) is 45.3 Å². The lowest BCUT2D eigenvalue weighted by atomic mass is 9.81. The summed E-state index contributed by atoms with van der Waals surface area (Å²) in [5.74, 6) is 0.709. The monoisotopic (exact) mass is 539 g/mol. The molecule has 5 heterocycles. The number of H-pyrrole nitrogens is 1. The second kappa shape index (κ2) is 9.98. The molecular weight excluding hydrogens is 507 g/mol. The molecule has 1 N–H and O–H groups in total. The Labute approximate surface area is 224 Å². The van der Waals surface area contributed by atoms with Gasteiger partial charge in [0.15, 0.2) is 0 Å². The van der Waals surface area contributed by atoms with Gasteiger partial charge in [-0.15, -0.1) is 0 Å². The lowest BCUT2D eigenvalue weighted by molar-refractivity contribution is -0.136. The fourth-order valence-electron chi connectivity index (χ4n) is 6.09. The van der Waals surface area contributed by atoms with Gasteiger partial charge in [0.1, 0.15) is 0 Å². The summed E-state index contributed by atoms with van der Waals surface area (Å²) in [6.45, 7) is 7.42. The first-order valence-corrected chi connectivity index (χ1v) is 13.4. The van der Waals surface area contributed by atoms with Crippen molar-refractivity contribution in [3.63, 3.8) is 0 Å². The minimum absolute atomic E-state index is 0.0294. The number of aromatic nitrogens is 4. The van der Waals surface area contributed by atoms with Gasteiger partial charge in [-0.05, 0) is 67.1 Å². The molecule has 0 aliphatic carbocycles. The lowest BCUT2D eigenvalue weighted by Crippen LogP contribution is -2.34. The van der Waals surface area contributed by atoms with E-state index in [0.717, 1.165) is 47.2 Å². The Hall–Kier alpha value is -3.37. The van der Waals surface area contributed by atoms with Gasteiger partial charge in [0.25, 0.3) is 0 Å². The molecule has 0 radical (unpaired) electrons. The molecule has 2 saturated heterocycles. The zero-order valence-electron chi connectivity index (χ0n) is 22.0. The molecular formula is C29H32F3N5O2. The van der Waals surface area contributed by atoms with Crippen LogP contribution in [0, 0.1) is 18.8 Å². The third kappa shape index (κ3) is 4.91. The maximum atomic E-state index is 14.2. The van der Waals surface area contributed by atoms with Crippen molar-refractivity contribution in [2.24, 2.45) is 11.8 Å². The normalized spacial score (nSPS) is 19.9. The first-order chi connectivity index (χ1) is 18.7. The van der Waals surface area contributed by atoms with Crippen LogP contribution >= 0.6 is 0 Å². The van der Waals surface area contributed by atoms with Crippen molar-refractivity contribution in [2.75, 3.05) is 26.3 Å². The predicted molar refractivity (Wildman–Crippen MR) is 141 cm³/mol. The summed E-state index contributed by atoms with van der Waals surface area (Å²) in [5, 5.41) is 7.29. The SMILES string of the molecule is Cc1cn[nH]c1[C@H](c1cccc(-n2cc3c(C(F)(F)F)cc(CN4CCC[C@H](C)C4)cn3c2=O)c1)C1COC1. The molecule has 2 atom stereocenters. The Kier molecular flexibility index (Phi) is 6.63. The van der Waals surface area contributed by atoms with E-state index in [1.54, 1.807) is 18.5 Å². The van der Waals surface area contributed by atoms with Crippen LogP contribution in [0.4, 0.5) is 13.2 Å². The van der Waals surface area contributed by atoms with Crippen LogP contribution in [0.15, 0.2) is 53.7 Å². The van der Waals surface area contributed by atoms with Crippen LogP contribution in [0.5, 0.6) is 0 Å². The third-order valence-electron chi connectivity index (χ3n) is 8.10. The molecule has 6 rings (SSSR count). The molecule has 1 aromatic carbocycles. The number of likely N-dealkylation sites (tertiary alicyclic amines) is 1. The molecule has 0 bridgehead atoms. The molecule has 206 valence electrons. The number of piperidine rings is 1. The molecule has 10 heteroatoms. The molecule has 4 aromatic rings. The topological polar surface area (TPSA) is 67.6 Å². The Morgan fingerprint density at radius 3 is 2.69 bits per heavy atom. The van der Waals surface area contributed by atoms with Crippen LogP contribution < -0.4 is 5.69 Å². The molecule has 0 saturated carbocycles. The number of ether oxygens (including phenoxy) is 1. The number of hydrogen-bond donors (Lipinski definition) is 1. The Morgan fingerprint density at radius 1 is 1.21 bits per heavy atom. The standard InChI is InChI=1S/C29H32F3N5O2/c1-18-5-4-8-35(12-18)13-20-9-24(29(30,31)32)25-15-36(28(38)37(25)14-20)23-7-3-6-21(10-23)26(22-16-39-17-22)27-19(2)11-33-34-27/h3,6-7,9-11,14-15,18,22,26H,4-5,8,12-13,16-17H2,1-2H3,(H,33,34)/t18-,26+/m0/s1. The number of imidazole rings is 1. The van der Waals surface area contributed by atoms with E-state index in [4.69, 9.17) is 4.74 Å². The van der Waals surface area contributed by atoms with Crippen molar-refractivity contribution in [3.8, 4) is 5.69 Å². The Bertz CT molecular complexity index is 1550. The number of halogens is 3. The molecule has 7 nitrogen and oxygen atoms in total. The van der Waals surface area contributed by atoms with Gasteiger partial charge >= 0.3 is 11.9 Å². The highest BCUT2D eigenvalue weighted by molar-refractivity contribution is 5.58. The molecule has 39 heavy (non-hydrogen) atoms. The Morgan fingerprint density at radius 2 is 2.03 bits per heavy atom. The molecule has 0 spiro atoms. The van der Waals surface area contributed by atoms with Crippen LogP contribution in [0.2, 0.25) is 0 Å². The van der Waals surface area contributed by atoms with Gasteiger partial charge in [0.2, 0.25) is 0 Å². The van der Waals surface area contributed by atoms with Crippen molar-refractivity contribution in [1.29, 1.82) is 0 Å². The number of rotatable bonds is 6. The van der Waals surface area contributed by atoms with Gasteiger partial charge in [-0.25, -0.2) is 4.79 Å². The number of aromatic amines is 1. The number of benzene rings is 1. The number of nitrogens with zero attached hydrogens (tertiary/aromatic N) is 4. The van der Waals surface area contributed by atoms with Crippen LogP contribution in [0.3, 0.4) is 0 Å². The second-order valence-electron chi connectivity index (χ2n) is 11.1. The summed E-state index contributed by atoms with van der Waals surface area (Å²) in [5.41, 5.74) is 2.48. The van der Waals surface area contributed by atoms with Gasteiger partial charge in [0.05, 0.1) is 36.2 Å². The van der Waals surface area contributed by atoms with Crippen molar-refractivity contribution >= 4 is 5.52 Å². The minimum Gasteiger partial charge on any atom is -0.381 e. The number of hydrogen-bond acceptors (Lipinski definition) is 4. The first kappa shape index (κ1) is 25.9. The number of alkyl halides is 3. The van der Waals surface area contributed by atoms with Crippen LogP contribution in [-0.2, 0) is 17.5 Å². The maximum Gasteiger partial charge on any atom is 0.418 e. The van der Waals surface area contributed by atoms with Crippen LogP contribution in [-0.4, -0.2) is 50.4 Å². The predicted octanol–water partition coefficient (Wildman–Crippen LogP) is 5.15. The summed E-state index contributed by atoms with van der Waals surface area (Å²) in [4.78, 5) is 15.7. The molecule has 2 aliphatic rings. The quantitative estimate of drug-likeness (QED) is 0.368. The van der Waals surface area contributed by atoms with E-state index in [2.05, 4.69) is 22.0 Å². The summed E-state index contributed by atoms with van der Waals surface area (Å²) in [6.07, 6.45) is 2.20. The summed E-state index contributed by atoms with van der Waals surface area (Å²) in [7, 11) is 0. The highest BCUT2D eigenvalue weighted by Crippen LogP contribution is 2.38. The van der Waals surface area contributed by atoms with Crippen molar-refractivity contribution in [3.05, 3.63) is 87.4 Å². The average Bonchev–Trinajstić information content (AvgIpc) is 3.43. The van der Waals surface area contributed by atoms with E-state index in [-0.39, 0.29) is 17.4 Å². The van der Waals surface area contributed by atoms with Crippen molar-refractivity contribution < 1.29 is 17.9 Å². The zero-order valence-corrected chi connectivity index (χ0v) is 22.0. The second-order valence-corrected chi connectivity index (χ2v) is 11.1. The zero-order chi connectivity index (χ0) is 27.3. The van der Waals surface area contributed by atoms with Gasteiger partial charge in [-0.2, -0.15) is 18.3 Å². The molecule has 2 aliphatic heterocycles. The molecule has 0 unspecified atom stereocenters. The Balaban J connectivity index is 1.42. The van der Waals surface area contributed by atoms with Gasteiger partial charge in [-0.3, -0.25) is 19.0 Å². The van der Waals surface area contributed by atoms with Crippen molar-refractivity contribution in [1.82, 2.24) is 24.1 Å². The first-order valence-electron chi connectivity index (χ1n) is 13.4. The summed E-state index contributed by atoms with van der Waals surface area (Å²) >= 11 is 0. The highest BCUT2D eigenvalue weighted by Gasteiger charge is 2.35. The maximum absolute atomic E-state index is 14.2. The third-order valence-corrected chi connectivity index (χ3v) is 8.10. The number of pyridine rings is 1. The van der Waals surface area contributed by atoms with E-state index in [0.29, 0.717) is 36.9 Å². The van der Waals surface area contributed by atoms with Crippen LogP contribution in [0.25, 0.3) is 11.2 Å². The summed E-state index contributed by atoms with van der Waals surface area (Å²) in [6, 6.07) is 8.65. The smallest absolute Gasteiger partial charge is 0.381 e. The van der Waals surface area contributed by atoms with Gasteiger partial charge < -0.3 is 4.74 Å². The molecule has 0 amide bonds. The van der Waals surface area contributed by atoms with E-state index in [1.165, 1.54) is 16.8 Å². The average molecular weight is 540 g/mol. The number of fused-ring (bicyclic) bond motifs is 1. The van der Waals surface area contributed by atoms with E-state index < -0.39 is 17.4 Å². The number of aryl methyl sites for hydroxylation is 1. The minimum atomic E-state index is -4.59. The van der Waals surface area contributed by atoms with Gasteiger partial charge in [0, 0.05) is 43.0 Å². The van der Waals surface area contributed by atoms with Gasteiger partial charge in [-0.1, -0.05) is 19.1 Å². The fourth-order valence-corrected chi connectivity index (χ4v) is 6.09. The van der Waals surface area contributed by atoms with Crippen LogP contribution in [0.1, 0.15) is 53.6 Å². The summed E-state index contributed by atoms with van der Waals surface area (Å²) < 4.78 is 50.6. The molecule has 3 aromatic heterocycles. The fraction of sp³-hybridized carbons (Fsp3) is 0.448. The number of nitrogens with one attached hydrogen (secondary N) is 1.